The molecule has 1 atom stereocenters. The third-order valence-electron chi connectivity index (χ3n) is 3.01. The highest BCUT2D eigenvalue weighted by molar-refractivity contribution is 7.98. The zero-order valence-corrected chi connectivity index (χ0v) is 14.8. The van der Waals surface area contributed by atoms with Gasteiger partial charge in [0.2, 0.25) is 0 Å². The van der Waals surface area contributed by atoms with Gasteiger partial charge in [0.1, 0.15) is 11.8 Å². The number of aliphatic imine (C=N–C) groups is 1. The second-order valence-corrected chi connectivity index (χ2v) is 7.03. The molecular weight excluding hydrogens is 359 g/mol. The van der Waals surface area contributed by atoms with Crippen molar-refractivity contribution in [2.45, 2.75) is 26.0 Å². The largest absolute Gasteiger partial charge is 0.505 e. The molecule has 1 rings (SSSR count). The van der Waals surface area contributed by atoms with E-state index in [1.165, 1.54) is 31.1 Å². The topological polar surface area (TPSA) is 150 Å². The molecule has 1 aromatic heterocycles. The number of carbonyl (C=O) groups is 1. The van der Waals surface area contributed by atoms with Crippen molar-refractivity contribution in [3.05, 3.63) is 23.0 Å². The summed E-state index contributed by atoms with van der Waals surface area (Å²) in [7, 11) is -4.70. The Morgan fingerprint density at radius 2 is 2.21 bits per heavy atom. The lowest BCUT2D eigenvalue weighted by Crippen LogP contribution is -2.19. The van der Waals surface area contributed by atoms with Gasteiger partial charge in [0.25, 0.3) is 0 Å². The van der Waals surface area contributed by atoms with E-state index in [2.05, 4.69) is 14.5 Å². The molecule has 0 amide bonds. The van der Waals surface area contributed by atoms with Crippen molar-refractivity contribution in [1.82, 2.24) is 4.98 Å². The van der Waals surface area contributed by atoms with E-state index in [9.17, 15) is 14.5 Å². The molecule has 0 saturated heterocycles. The van der Waals surface area contributed by atoms with Gasteiger partial charge in [0.05, 0.1) is 12.3 Å². The van der Waals surface area contributed by atoms with Gasteiger partial charge in [-0.25, -0.2) is 9.36 Å². The average molecular weight is 378 g/mol. The molecular formula is C13H19N2O7PS. The summed E-state index contributed by atoms with van der Waals surface area (Å²) in [5.74, 6) is -0.748. The van der Waals surface area contributed by atoms with E-state index in [0.717, 1.165) is 0 Å². The molecule has 0 unspecified atom stereocenters. The number of aryl methyl sites for hydroxylation is 1. The molecule has 1 aromatic rings. The van der Waals surface area contributed by atoms with Crippen LogP contribution in [0.1, 0.15) is 23.2 Å². The Kier molecular flexibility index (Phi) is 7.85. The molecule has 0 fully saturated rings. The second-order valence-electron chi connectivity index (χ2n) is 4.81. The predicted octanol–water partition coefficient (Wildman–Crippen LogP) is 1.33. The van der Waals surface area contributed by atoms with Crippen LogP contribution in [0.2, 0.25) is 0 Å². The third kappa shape index (κ3) is 6.58. The summed E-state index contributed by atoms with van der Waals surface area (Å²) in [4.78, 5) is 36.6. The number of phosphoric acid groups is 1. The monoisotopic (exact) mass is 378 g/mol. The van der Waals surface area contributed by atoms with Crippen molar-refractivity contribution < 1.29 is 33.9 Å². The normalized spacial score (nSPS) is 13.3. The van der Waals surface area contributed by atoms with Crippen molar-refractivity contribution in [2.24, 2.45) is 4.99 Å². The van der Waals surface area contributed by atoms with E-state index in [1.54, 1.807) is 0 Å². The zero-order chi connectivity index (χ0) is 18.3. The Balaban J connectivity index is 3.10. The molecule has 0 aliphatic heterocycles. The van der Waals surface area contributed by atoms with Gasteiger partial charge >= 0.3 is 13.8 Å². The van der Waals surface area contributed by atoms with Crippen LogP contribution in [0.3, 0.4) is 0 Å². The second kappa shape index (κ2) is 9.14. The van der Waals surface area contributed by atoms with Gasteiger partial charge in [-0.2, -0.15) is 11.8 Å². The fourth-order valence-electron chi connectivity index (χ4n) is 1.72. The van der Waals surface area contributed by atoms with Crippen LogP contribution in [-0.2, 0) is 20.5 Å². The number of phosphoric ester groups is 1. The Bertz CT molecular complexity index is 662. The summed E-state index contributed by atoms with van der Waals surface area (Å²) >= 11 is 1.49. The molecule has 9 nitrogen and oxygen atoms in total. The standard InChI is InChI=1S/C13H19N2O7PS/c1-8-12(16)10(6-15-11(13(17)18)3-4-24-2)9(5-14-8)7-22-23(19,20)21/h5-6,11,16H,3-4,7H2,1-2H3,(H,17,18)(H2,19,20,21)/t11-/m0/s1. The van der Waals surface area contributed by atoms with Gasteiger partial charge in [-0.15, -0.1) is 0 Å². The summed E-state index contributed by atoms with van der Waals surface area (Å²) < 4.78 is 15.2. The van der Waals surface area contributed by atoms with Crippen LogP contribution in [-0.4, -0.2) is 55.2 Å². The number of carboxylic acid groups (broad SMARTS) is 1. The molecule has 0 saturated carbocycles. The maximum Gasteiger partial charge on any atom is 0.469 e. The van der Waals surface area contributed by atoms with Crippen molar-refractivity contribution >= 4 is 31.8 Å². The van der Waals surface area contributed by atoms with E-state index in [4.69, 9.17) is 14.9 Å². The lowest BCUT2D eigenvalue weighted by atomic mass is 10.1. The molecule has 24 heavy (non-hydrogen) atoms. The highest BCUT2D eigenvalue weighted by Gasteiger charge is 2.19. The summed E-state index contributed by atoms with van der Waals surface area (Å²) in [5, 5.41) is 19.2. The summed E-state index contributed by atoms with van der Waals surface area (Å²) in [6.45, 7) is 1.03. The number of rotatable bonds is 9. The zero-order valence-electron chi connectivity index (χ0n) is 13.1. The maximum absolute atomic E-state index is 11.2. The highest BCUT2D eigenvalue weighted by atomic mass is 32.2. The van der Waals surface area contributed by atoms with E-state index in [1.807, 2.05) is 6.26 Å². The van der Waals surface area contributed by atoms with Crippen LogP contribution in [0.4, 0.5) is 0 Å². The third-order valence-corrected chi connectivity index (χ3v) is 4.12. The van der Waals surface area contributed by atoms with Gasteiger partial charge in [-0.1, -0.05) is 0 Å². The van der Waals surface area contributed by atoms with Crippen LogP contribution >= 0.6 is 19.6 Å². The number of thioether (sulfide) groups is 1. The first-order valence-electron chi connectivity index (χ1n) is 6.78. The number of hydrogen-bond donors (Lipinski definition) is 4. The first-order valence-corrected chi connectivity index (χ1v) is 9.70. The fourth-order valence-corrected chi connectivity index (χ4v) is 2.49. The Labute approximate surface area is 143 Å². The van der Waals surface area contributed by atoms with E-state index in [-0.39, 0.29) is 22.6 Å². The van der Waals surface area contributed by atoms with Crippen LogP contribution < -0.4 is 0 Å². The molecule has 0 spiro atoms. The van der Waals surface area contributed by atoms with Crippen LogP contribution in [0.5, 0.6) is 5.75 Å². The fraction of sp³-hybridized carbons (Fsp3) is 0.462. The van der Waals surface area contributed by atoms with Crippen LogP contribution in [0.25, 0.3) is 0 Å². The van der Waals surface area contributed by atoms with Crippen molar-refractivity contribution in [1.29, 1.82) is 0 Å². The lowest BCUT2D eigenvalue weighted by molar-refractivity contribution is -0.138. The smallest absolute Gasteiger partial charge is 0.469 e. The lowest BCUT2D eigenvalue weighted by Gasteiger charge is -2.11. The maximum atomic E-state index is 11.2. The number of aromatic hydroxyl groups is 1. The molecule has 4 N–H and O–H groups in total. The molecule has 0 aromatic carbocycles. The van der Waals surface area contributed by atoms with E-state index >= 15 is 0 Å². The summed E-state index contributed by atoms with van der Waals surface area (Å²) in [5.41, 5.74) is 0.568. The van der Waals surface area contributed by atoms with Crippen molar-refractivity contribution in [2.75, 3.05) is 12.0 Å². The molecule has 11 heteroatoms. The van der Waals surface area contributed by atoms with Crippen LogP contribution in [0.15, 0.2) is 11.2 Å². The number of aliphatic carboxylic acids is 1. The van der Waals surface area contributed by atoms with Gasteiger partial charge in [0, 0.05) is 23.5 Å². The number of nitrogens with zero attached hydrogens (tertiary/aromatic N) is 2. The molecule has 1 heterocycles. The van der Waals surface area contributed by atoms with Crippen molar-refractivity contribution in [3.63, 3.8) is 0 Å². The van der Waals surface area contributed by atoms with Crippen LogP contribution in [0, 0.1) is 6.92 Å². The number of aromatic nitrogens is 1. The Morgan fingerprint density at radius 1 is 1.54 bits per heavy atom. The SMILES string of the molecule is CSCC[C@H](N=Cc1c(COP(=O)(O)O)cnc(C)c1O)C(=O)O. The Morgan fingerprint density at radius 3 is 2.75 bits per heavy atom. The molecule has 0 radical (unpaired) electrons. The first kappa shape index (κ1) is 20.6. The minimum absolute atomic E-state index is 0.117. The van der Waals surface area contributed by atoms with Gasteiger partial charge < -0.3 is 20.0 Å². The summed E-state index contributed by atoms with van der Waals surface area (Å²) in [6.07, 6.45) is 4.61. The predicted molar refractivity (Wildman–Crippen MR) is 89.5 cm³/mol. The van der Waals surface area contributed by atoms with E-state index < -0.39 is 26.4 Å². The molecule has 134 valence electrons. The summed E-state index contributed by atoms with van der Waals surface area (Å²) in [6, 6.07) is -0.985. The quantitative estimate of drug-likeness (QED) is 0.368. The number of pyridine rings is 1. The first-order chi connectivity index (χ1) is 11.2. The van der Waals surface area contributed by atoms with Gasteiger partial charge in [0.15, 0.2) is 0 Å². The molecule has 0 bridgehead atoms. The van der Waals surface area contributed by atoms with Gasteiger partial charge in [-0.05, 0) is 25.4 Å². The number of carboxylic acids is 1. The van der Waals surface area contributed by atoms with Gasteiger partial charge in [-0.3, -0.25) is 14.5 Å². The molecule has 0 aliphatic rings. The highest BCUT2D eigenvalue weighted by Crippen LogP contribution is 2.37. The molecule has 0 aliphatic carbocycles. The average Bonchev–Trinajstić information content (AvgIpc) is 2.48. The minimum atomic E-state index is -4.70. The van der Waals surface area contributed by atoms with Crippen molar-refractivity contribution in [3.8, 4) is 5.75 Å². The van der Waals surface area contributed by atoms with E-state index in [0.29, 0.717) is 12.2 Å². The Hall–Kier alpha value is -1.45. The minimum Gasteiger partial charge on any atom is -0.505 e. The number of hydrogen-bond acceptors (Lipinski definition) is 7.